The fourth-order valence-corrected chi connectivity index (χ4v) is 2.24. The van der Waals surface area contributed by atoms with Crippen LogP contribution in [0.25, 0.3) is 11.4 Å². The third kappa shape index (κ3) is 3.00. The van der Waals surface area contributed by atoms with E-state index in [4.69, 9.17) is 15.2 Å². The molecule has 0 aliphatic heterocycles. The molecule has 0 saturated carbocycles. The standard InChI is InChI=1S/C16H17N5O2/c1-22-12-6-5-10(8-13(12)23-2)14(17)16-19-15(20-21-16)11-4-3-7-18-9-11/h3-9,14H,17H2,1-2H3,(H,19,20,21)/t14-/m1/s1. The van der Waals surface area contributed by atoms with Crippen molar-refractivity contribution in [1.29, 1.82) is 0 Å². The molecule has 3 rings (SSSR count). The van der Waals surface area contributed by atoms with Crippen LogP contribution in [0.4, 0.5) is 0 Å². The van der Waals surface area contributed by atoms with Gasteiger partial charge in [-0.05, 0) is 29.8 Å². The number of rotatable bonds is 5. The number of ether oxygens (including phenoxy) is 2. The van der Waals surface area contributed by atoms with Crippen LogP contribution < -0.4 is 15.2 Å². The summed E-state index contributed by atoms with van der Waals surface area (Å²) in [5, 5.41) is 7.08. The second-order valence-corrected chi connectivity index (χ2v) is 4.88. The number of H-pyrrole nitrogens is 1. The van der Waals surface area contributed by atoms with Crippen molar-refractivity contribution in [2.24, 2.45) is 5.73 Å². The molecule has 118 valence electrons. The van der Waals surface area contributed by atoms with Gasteiger partial charge in [-0.1, -0.05) is 6.07 Å². The molecule has 0 aliphatic carbocycles. The normalized spacial score (nSPS) is 12.0. The van der Waals surface area contributed by atoms with Gasteiger partial charge in [-0.15, -0.1) is 0 Å². The SMILES string of the molecule is COc1ccc([C@@H](N)c2nc(-c3cccnc3)n[nH]2)cc1OC. The average Bonchev–Trinajstić information content (AvgIpc) is 3.11. The van der Waals surface area contributed by atoms with E-state index in [0.29, 0.717) is 23.1 Å². The molecule has 0 amide bonds. The number of aromatic nitrogens is 4. The van der Waals surface area contributed by atoms with Crippen LogP contribution in [0, 0.1) is 0 Å². The van der Waals surface area contributed by atoms with Gasteiger partial charge in [-0.2, -0.15) is 5.10 Å². The number of methoxy groups -OCH3 is 2. The molecule has 0 bridgehead atoms. The summed E-state index contributed by atoms with van der Waals surface area (Å²) in [5.74, 6) is 2.39. The molecular weight excluding hydrogens is 294 g/mol. The first-order chi connectivity index (χ1) is 11.2. The molecule has 1 aromatic carbocycles. The highest BCUT2D eigenvalue weighted by Crippen LogP contribution is 2.30. The number of nitrogens with two attached hydrogens (primary N) is 1. The lowest BCUT2D eigenvalue weighted by molar-refractivity contribution is 0.354. The summed E-state index contributed by atoms with van der Waals surface area (Å²) in [7, 11) is 3.18. The molecule has 0 unspecified atom stereocenters. The lowest BCUT2D eigenvalue weighted by Gasteiger charge is -2.12. The molecule has 0 spiro atoms. The number of benzene rings is 1. The molecule has 2 heterocycles. The fraction of sp³-hybridized carbons (Fsp3) is 0.188. The highest BCUT2D eigenvalue weighted by molar-refractivity contribution is 5.52. The summed E-state index contributed by atoms with van der Waals surface area (Å²) in [6, 6.07) is 8.79. The summed E-state index contributed by atoms with van der Waals surface area (Å²) in [5.41, 5.74) is 7.95. The Kier molecular flexibility index (Phi) is 4.20. The van der Waals surface area contributed by atoms with Crippen molar-refractivity contribution in [2.45, 2.75) is 6.04 Å². The number of aromatic amines is 1. The monoisotopic (exact) mass is 311 g/mol. The minimum atomic E-state index is -0.451. The van der Waals surface area contributed by atoms with Gasteiger partial charge in [0.1, 0.15) is 5.82 Å². The minimum Gasteiger partial charge on any atom is -0.493 e. The van der Waals surface area contributed by atoms with Crippen LogP contribution in [0.3, 0.4) is 0 Å². The Bertz CT molecular complexity index is 788. The second-order valence-electron chi connectivity index (χ2n) is 4.88. The van der Waals surface area contributed by atoms with Crippen molar-refractivity contribution < 1.29 is 9.47 Å². The van der Waals surface area contributed by atoms with Gasteiger partial charge in [0.15, 0.2) is 17.3 Å². The molecule has 2 aromatic heterocycles. The Morgan fingerprint density at radius 2 is 1.96 bits per heavy atom. The summed E-state index contributed by atoms with van der Waals surface area (Å²) in [6.07, 6.45) is 3.40. The van der Waals surface area contributed by atoms with Gasteiger partial charge in [0.2, 0.25) is 0 Å². The average molecular weight is 311 g/mol. The van der Waals surface area contributed by atoms with E-state index in [-0.39, 0.29) is 0 Å². The van der Waals surface area contributed by atoms with Crippen LogP contribution in [0.15, 0.2) is 42.7 Å². The van der Waals surface area contributed by atoms with Crippen molar-refractivity contribution >= 4 is 0 Å². The zero-order valence-electron chi connectivity index (χ0n) is 12.9. The van der Waals surface area contributed by atoms with E-state index < -0.39 is 6.04 Å². The summed E-state index contributed by atoms with van der Waals surface area (Å²) in [6.45, 7) is 0. The molecule has 0 aliphatic rings. The summed E-state index contributed by atoms with van der Waals surface area (Å²) < 4.78 is 10.5. The molecule has 7 heteroatoms. The number of hydrogen-bond acceptors (Lipinski definition) is 6. The maximum atomic E-state index is 6.28. The molecule has 1 atom stereocenters. The smallest absolute Gasteiger partial charge is 0.182 e. The Balaban J connectivity index is 1.89. The molecule has 0 fully saturated rings. The predicted octanol–water partition coefficient (Wildman–Crippen LogP) is 1.93. The zero-order valence-corrected chi connectivity index (χ0v) is 12.9. The van der Waals surface area contributed by atoms with Crippen molar-refractivity contribution in [1.82, 2.24) is 20.2 Å². The van der Waals surface area contributed by atoms with Gasteiger partial charge in [-0.3, -0.25) is 10.1 Å². The van der Waals surface area contributed by atoms with Gasteiger partial charge < -0.3 is 15.2 Å². The van der Waals surface area contributed by atoms with E-state index in [0.717, 1.165) is 11.1 Å². The van der Waals surface area contributed by atoms with E-state index >= 15 is 0 Å². The molecule has 23 heavy (non-hydrogen) atoms. The maximum Gasteiger partial charge on any atom is 0.182 e. The van der Waals surface area contributed by atoms with Crippen molar-refractivity contribution in [3.8, 4) is 22.9 Å². The van der Waals surface area contributed by atoms with E-state index in [1.165, 1.54) is 0 Å². The van der Waals surface area contributed by atoms with E-state index in [1.54, 1.807) is 26.6 Å². The third-order valence-corrected chi connectivity index (χ3v) is 3.48. The largest absolute Gasteiger partial charge is 0.493 e. The van der Waals surface area contributed by atoms with Crippen molar-refractivity contribution in [3.63, 3.8) is 0 Å². The number of hydrogen-bond donors (Lipinski definition) is 2. The Morgan fingerprint density at radius 1 is 1.13 bits per heavy atom. The van der Waals surface area contributed by atoms with Crippen LogP contribution in [-0.4, -0.2) is 34.4 Å². The lowest BCUT2D eigenvalue weighted by atomic mass is 10.1. The van der Waals surface area contributed by atoms with Crippen molar-refractivity contribution in [2.75, 3.05) is 14.2 Å². The van der Waals surface area contributed by atoms with Crippen LogP contribution in [0.2, 0.25) is 0 Å². The Labute approximate surface area is 133 Å². The molecule has 0 saturated heterocycles. The fourth-order valence-electron chi connectivity index (χ4n) is 2.24. The number of nitrogens with zero attached hydrogens (tertiary/aromatic N) is 3. The maximum absolute atomic E-state index is 6.28. The predicted molar refractivity (Wildman–Crippen MR) is 85.2 cm³/mol. The summed E-state index contributed by atoms with van der Waals surface area (Å²) >= 11 is 0. The summed E-state index contributed by atoms with van der Waals surface area (Å²) in [4.78, 5) is 8.51. The Hall–Kier alpha value is -2.93. The van der Waals surface area contributed by atoms with Gasteiger partial charge in [0.05, 0.1) is 20.3 Å². The third-order valence-electron chi connectivity index (χ3n) is 3.48. The van der Waals surface area contributed by atoms with E-state index in [1.807, 2.05) is 30.3 Å². The van der Waals surface area contributed by atoms with Gasteiger partial charge in [0, 0.05) is 18.0 Å². The van der Waals surface area contributed by atoms with Crippen LogP contribution >= 0.6 is 0 Å². The highest BCUT2D eigenvalue weighted by Gasteiger charge is 2.17. The topological polar surface area (TPSA) is 98.9 Å². The van der Waals surface area contributed by atoms with E-state index in [2.05, 4.69) is 20.2 Å². The van der Waals surface area contributed by atoms with Crippen LogP contribution in [0.1, 0.15) is 17.4 Å². The van der Waals surface area contributed by atoms with Gasteiger partial charge in [0.25, 0.3) is 0 Å². The first-order valence-corrected chi connectivity index (χ1v) is 7.03. The second kappa shape index (κ2) is 6.45. The molecule has 3 aromatic rings. The number of nitrogens with one attached hydrogen (secondary N) is 1. The molecule has 3 N–H and O–H groups in total. The number of pyridine rings is 1. The van der Waals surface area contributed by atoms with Crippen LogP contribution in [-0.2, 0) is 0 Å². The molecule has 7 nitrogen and oxygen atoms in total. The van der Waals surface area contributed by atoms with Gasteiger partial charge in [-0.25, -0.2) is 4.98 Å². The van der Waals surface area contributed by atoms with E-state index in [9.17, 15) is 0 Å². The zero-order chi connectivity index (χ0) is 16.2. The molecular formula is C16H17N5O2. The van der Waals surface area contributed by atoms with Gasteiger partial charge >= 0.3 is 0 Å². The van der Waals surface area contributed by atoms with Crippen LogP contribution in [0.5, 0.6) is 11.5 Å². The lowest BCUT2D eigenvalue weighted by Crippen LogP contribution is -2.14. The van der Waals surface area contributed by atoms with Crippen molar-refractivity contribution in [3.05, 3.63) is 54.1 Å². The Morgan fingerprint density at radius 3 is 2.65 bits per heavy atom. The molecule has 0 radical (unpaired) electrons. The highest BCUT2D eigenvalue weighted by atomic mass is 16.5. The quantitative estimate of drug-likeness (QED) is 0.747. The minimum absolute atomic E-state index is 0.451. The first-order valence-electron chi connectivity index (χ1n) is 7.03. The first kappa shape index (κ1) is 15.0.